The number of hydrogen-bond donors (Lipinski definition) is 1. The number of aromatic nitrogens is 5. The zero-order chi connectivity index (χ0) is 23.3. The van der Waals surface area contributed by atoms with E-state index in [0.717, 1.165) is 22.2 Å². The number of nitrogens with two attached hydrogens (primary N) is 1. The maximum Gasteiger partial charge on any atom is 0.292 e. The minimum atomic E-state index is -0.320. The molecule has 11 heteroatoms. The Balaban J connectivity index is 1.64. The summed E-state index contributed by atoms with van der Waals surface area (Å²) in [5, 5.41) is 6.30. The van der Waals surface area contributed by atoms with E-state index >= 15 is 0 Å². The first-order chi connectivity index (χ1) is 15.9. The molecule has 0 aliphatic carbocycles. The molecule has 1 atom stereocenters. The molecule has 4 heterocycles. The van der Waals surface area contributed by atoms with Crippen molar-refractivity contribution in [2.75, 3.05) is 19.4 Å². The van der Waals surface area contributed by atoms with Gasteiger partial charge in [0.2, 0.25) is 5.82 Å². The lowest BCUT2D eigenvalue weighted by molar-refractivity contribution is 0.0626. The second-order valence-electron chi connectivity index (χ2n) is 7.64. The van der Waals surface area contributed by atoms with Crippen LogP contribution in [0.4, 0.5) is 5.82 Å². The largest absolute Gasteiger partial charge is 0.494 e. The number of rotatable bonds is 3. The van der Waals surface area contributed by atoms with Crippen molar-refractivity contribution in [2.45, 2.75) is 19.5 Å². The van der Waals surface area contributed by atoms with E-state index in [1.54, 1.807) is 23.2 Å². The number of fused-ring (bicyclic) bond motifs is 3. The minimum Gasteiger partial charge on any atom is -0.494 e. The number of carbonyl (C=O) groups excluding carboxylic acids is 1. The van der Waals surface area contributed by atoms with Crippen LogP contribution in [0.1, 0.15) is 29.3 Å². The molecule has 0 spiro atoms. The normalized spacial score (nSPS) is 15.5. The lowest BCUT2D eigenvalue weighted by Gasteiger charge is -2.34. The highest BCUT2D eigenvalue weighted by Crippen LogP contribution is 2.43. The van der Waals surface area contributed by atoms with Gasteiger partial charge in [-0.25, -0.2) is 15.0 Å². The zero-order valence-electron chi connectivity index (χ0n) is 17.8. The highest BCUT2D eigenvalue weighted by atomic mass is 35.5. The predicted octanol–water partition coefficient (Wildman–Crippen LogP) is 4.00. The molecule has 2 N–H and O–H groups in total. The Kier molecular flexibility index (Phi) is 5.30. The standard InChI is InChI=1S/C22H19Cl2N7O2/c1-11-20-17-14(12-3-4-16(25)26-8-12)7-15(23)18(24)19(17)29-31(20)6-5-30(11)22(32)21-27-9-13(33-2)10-28-21/h3-4,7-11H,5-6H2,1-2H3,(H2,25,26). The Morgan fingerprint density at radius 1 is 1.15 bits per heavy atom. The Morgan fingerprint density at radius 2 is 1.91 bits per heavy atom. The highest BCUT2D eigenvalue weighted by molar-refractivity contribution is 6.45. The molecule has 5 rings (SSSR count). The quantitative estimate of drug-likeness (QED) is 0.468. The molecule has 0 bridgehead atoms. The molecule has 0 saturated carbocycles. The molecule has 4 aromatic rings. The van der Waals surface area contributed by atoms with Crippen molar-refractivity contribution in [2.24, 2.45) is 0 Å². The van der Waals surface area contributed by atoms with Crippen LogP contribution in [-0.4, -0.2) is 49.2 Å². The lowest BCUT2D eigenvalue weighted by Crippen LogP contribution is -2.41. The van der Waals surface area contributed by atoms with Crippen LogP contribution >= 0.6 is 23.2 Å². The number of amides is 1. The van der Waals surface area contributed by atoms with Gasteiger partial charge >= 0.3 is 0 Å². The van der Waals surface area contributed by atoms with Gasteiger partial charge in [0.25, 0.3) is 5.91 Å². The first kappa shape index (κ1) is 21.4. The lowest BCUT2D eigenvalue weighted by atomic mass is 9.97. The third kappa shape index (κ3) is 3.53. The van der Waals surface area contributed by atoms with Gasteiger partial charge in [0, 0.05) is 23.7 Å². The van der Waals surface area contributed by atoms with Gasteiger partial charge in [-0.15, -0.1) is 0 Å². The van der Waals surface area contributed by atoms with Gasteiger partial charge < -0.3 is 15.4 Å². The Labute approximate surface area is 199 Å². The van der Waals surface area contributed by atoms with E-state index in [1.807, 2.05) is 17.7 Å². The summed E-state index contributed by atoms with van der Waals surface area (Å²) in [5.41, 5.74) is 8.83. The van der Waals surface area contributed by atoms with E-state index in [9.17, 15) is 4.79 Å². The number of pyridine rings is 1. The van der Waals surface area contributed by atoms with Gasteiger partial charge in [0.1, 0.15) is 11.3 Å². The molecule has 0 radical (unpaired) electrons. The van der Waals surface area contributed by atoms with E-state index < -0.39 is 0 Å². The van der Waals surface area contributed by atoms with Gasteiger partial charge in [0.15, 0.2) is 5.75 Å². The third-order valence-corrected chi connectivity index (χ3v) is 6.56. The molecule has 1 aliphatic rings. The van der Waals surface area contributed by atoms with Crippen LogP contribution in [0.3, 0.4) is 0 Å². The fourth-order valence-corrected chi connectivity index (χ4v) is 4.52. The molecule has 168 valence electrons. The Bertz CT molecular complexity index is 1370. The highest BCUT2D eigenvalue weighted by Gasteiger charge is 2.34. The maximum atomic E-state index is 13.3. The summed E-state index contributed by atoms with van der Waals surface area (Å²) >= 11 is 13.0. The monoisotopic (exact) mass is 483 g/mol. The van der Waals surface area contributed by atoms with E-state index in [1.165, 1.54) is 19.5 Å². The van der Waals surface area contributed by atoms with Gasteiger partial charge in [-0.1, -0.05) is 23.2 Å². The van der Waals surface area contributed by atoms with Crippen molar-refractivity contribution in [1.29, 1.82) is 0 Å². The van der Waals surface area contributed by atoms with Crippen molar-refractivity contribution in [3.05, 3.63) is 58.4 Å². The van der Waals surface area contributed by atoms with Crippen LogP contribution in [0, 0.1) is 0 Å². The molecule has 0 fully saturated rings. The number of methoxy groups -OCH3 is 1. The maximum absolute atomic E-state index is 13.3. The average molecular weight is 484 g/mol. The summed E-state index contributed by atoms with van der Waals surface area (Å²) in [6, 6.07) is 5.06. The molecular formula is C22H19Cl2N7O2. The molecule has 9 nitrogen and oxygen atoms in total. The van der Waals surface area contributed by atoms with E-state index in [0.29, 0.717) is 40.2 Å². The van der Waals surface area contributed by atoms with Gasteiger partial charge in [-0.2, -0.15) is 5.10 Å². The van der Waals surface area contributed by atoms with Crippen molar-refractivity contribution >= 4 is 45.8 Å². The van der Waals surface area contributed by atoms with Crippen molar-refractivity contribution < 1.29 is 9.53 Å². The predicted molar refractivity (Wildman–Crippen MR) is 125 cm³/mol. The Morgan fingerprint density at radius 3 is 2.58 bits per heavy atom. The molecule has 0 saturated heterocycles. The number of anilines is 1. The summed E-state index contributed by atoms with van der Waals surface area (Å²) in [6.07, 6.45) is 4.63. The van der Waals surface area contributed by atoms with E-state index in [-0.39, 0.29) is 17.8 Å². The molecule has 1 aromatic carbocycles. The number of halogens is 2. The molecule has 1 unspecified atom stereocenters. The van der Waals surface area contributed by atoms with E-state index in [4.69, 9.17) is 38.8 Å². The van der Waals surface area contributed by atoms with E-state index in [2.05, 4.69) is 15.0 Å². The summed E-state index contributed by atoms with van der Waals surface area (Å²) in [6.45, 7) is 2.88. The van der Waals surface area contributed by atoms with Crippen LogP contribution in [-0.2, 0) is 6.54 Å². The topological polar surface area (TPSA) is 112 Å². The van der Waals surface area contributed by atoms with Crippen LogP contribution in [0.2, 0.25) is 10.0 Å². The molecule has 3 aromatic heterocycles. The van der Waals surface area contributed by atoms with Crippen molar-refractivity contribution in [1.82, 2.24) is 29.6 Å². The van der Waals surface area contributed by atoms with Crippen molar-refractivity contribution in [3.8, 4) is 16.9 Å². The van der Waals surface area contributed by atoms with Gasteiger partial charge in [0.05, 0.1) is 47.8 Å². The summed E-state index contributed by atoms with van der Waals surface area (Å²) in [5.74, 6) is 0.720. The fourth-order valence-electron chi connectivity index (χ4n) is 4.14. The molecule has 1 amide bonds. The fraction of sp³-hybridized carbons (Fsp3) is 0.227. The zero-order valence-corrected chi connectivity index (χ0v) is 19.3. The van der Waals surface area contributed by atoms with Crippen molar-refractivity contribution in [3.63, 3.8) is 0 Å². The molecule has 1 aliphatic heterocycles. The number of benzene rings is 1. The Hall–Kier alpha value is -3.43. The number of nitrogens with zero attached hydrogens (tertiary/aromatic N) is 6. The second-order valence-corrected chi connectivity index (χ2v) is 8.43. The summed E-state index contributed by atoms with van der Waals surface area (Å²) < 4.78 is 6.96. The van der Waals surface area contributed by atoms with Gasteiger partial charge in [-0.3, -0.25) is 9.48 Å². The van der Waals surface area contributed by atoms with Crippen LogP contribution in [0.5, 0.6) is 5.75 Å². The first-order valence-corrected chi connectivity index (χ1v) is 10.9. The first-order valence-electron chi connectivity index (χ1n) is 10.2. The number of carbonyl (C=O) groups is 1. The second kappa shape index (κ2) is 8.17. The summed E-state index contributed by atoms with van der Waals surface area (Å²) in [4.78, 5) is 27.5. The molecular weight excluding hydrogens is 465 g/mol. The van der Waals surface area contributed by atoms with Gasteiger partial charge in [-0.05, 0) is 30.7 Å². The minimum absolute atomic E-state index is 0.101. The summed E-state index contributed by atoms with van der Waals surface area (Å²) in [7, 11) is 1.52. The number of hydrogen-bond acceptors (Lipinski definition) is 7. The third-order valence-electron chi connectivity index (χ3n) is 5.78. The average Bonchev–Trinajstić information content (AvgIpc) is 3.23. The van der Waals surface area contributed by atoms with Crippen LogP contribution in [0.25, 0.3) is 22.0 Å². The van der Waals surface area contributed by atoms with Crippen LogP contribution in [0.15, 0.2) is 36.8 Å². The smallest absolute Gasteiger partial charge is 0.292 e. The number of ether oxygens (including phenoxy) is 1. The van der Waals surface area contributed by atoms with Crippen LogP contribution < -0.4 is 10.5 Å². The SMILES string of the molecule is COc1cnc(C(=O)N2CCn3nc4c(Cl)c(Cl)cc(-c5ccc(N)nc5)c4c3C2C)nc1. The number of nitrogen functional groups attached to an aromatic ring is 1. The molecule has 33 heavy (non-hydrogen) atoms.